The van der Waals surface area contributed by atoms with Gasteiger partial charge in [-0.15, -0.1) is 0 Å². The number of carbonyl (C=O) groups excluding carboxylic acids is 2. The van der Waals surface area contributed by atoms with E-state index in [4.69, 9.17) is 14.5 Å². The summed E-state index contributed by atoms with van der Waals surface area (Å²) in [4.78, 5) is 31.1. The van der Waals surface area contributed by atoms with Crippen molar-refractivity contribution in [3.05, 3.63) is 89.6 Å². The molecule has 2 amide bonds. The average molecular weight is 498 g/mol. The number of hydrogen-bond acceptors (Lipinski definition) is 5. The maximum Gasteiger partial charge on any atom is 0.256 e. The predicted molar refractivity (Wildman–Crippen MR) is 147 cm³/mol. The lowest BCUT2D eigenvalue weighted by molar-refractivity contribution is 0.101. The molecule has 0 unspecified atom stereocenters. The second-order valence-corrected chi connectivity index (χ2v) is 8.75. The summed E-state index contributed by atoms with van der Waals surface area (Å²) in [5.41, 5.74) is 3.54. The highest BCUT2D eigenvalue weighted by Gasteiger charge is 2.20. The molecule has 4 rings (SSSR count). The van der Waals surface area contributed by atoms with E-state index in [0.29, 0.717) is 47.2 Å². The molecule has 7 heteroatoms. The van der Waals surface area contributed by atoms with E-state index in [9.17, 15) is 9.59 Å². The predicted octanol–water partition coefficient (Wildman–Crippen LogP) is 6.66. The summed E-state index contributed by atoms with van der Waals surface area (Å²) in [6.07, 6.45) is 0. The van der Waals surface area contributed by atoms with Gasteiger partial charge in [0.15, 0.2) is 0 Å². The Kier molecular flexibility index (Phi) is 8.03. The third-order valence-corrected chi connectivity index (χ3v) is 5.79. The maximum atomic E-state index is 13.6. The molecule has 1 heterocycles. The van der Waals surface area contributed by atoms with Crippen molar-refractivity contribution in [1.29, 1.82) is 0 Å². The van der Waals surface area contributed by atoms with Crippen LogP contribution in [0.25, 0.3) is 10.9 Å². The molecule has 0 saturated heterocycles. The lowest BCUT2D eigenvalue weighted by atomic mass is 10.0. The molecule has 37 heavy (non-hydrogen) atoms. The number of rotatable bonds is 9. The van der Waals surface area contributed by atoms with Crippen LogP contribution in [0.4, 0.5) is 11.4 Å². The van der Waals surface area contributed by atoms with Crippen LogP contribution in [0.15, 0.2) is 72.8 Å². The summed E-state index contributed by atoms with van der Waals surface area (Å²) < 4.78 is 11.7. The van der Waals surface area contributed by atoms with Crippen molar-refractivity contribution in [3.8, 4) is 11.5 Å². The Morgan fingerprint density at radius 1 is 0.784 bits per heavy atom. The third kappa shape index (κ3) is 5.89. The molecule has 2 N–H and O–H groups in total. The number of hydrogen-bond donors (Lipinski definition) is 2. The lowest BCUT2D eigenvalue weighted by Crippen LogP contribution is -2.16. The molecule has 0 aliphatic carbocycles. The number of aromatic nitrogens is 1. The minimum atomic E-state index is -0.287. The van der Waals surface area contributed by atoms with E-state index in [2.05, 4.69) is 10.6 Å². The summed E-state index contributed by atoms with van der Waals surface area (Å²) in [6, 6.07) is 21.7. The third-order valence-electron chi connectivity index (χ3n) is 5.79. The van der Waals surface area contributed by atoms with Crippen molar-refractivity contribution < 1.29 is 19.1 Å². The minimum Gasteiger partial charge on any atom is -0.492 e. The largest absolute Gasteiger partial charge is 0.492 e. The Morgan fingerprint density at radius 3 is 1.95 bits per heavy atom. The van der Waals surface area contributed by atoms with E-state index in [1.165, 1.54) is 0 Å². The van der Waals surface area contributed by atoms with Crippen LogP contribution < -0.4 is 20.1 Å². The standard InChI is InChI=1S/C30H31N3O4/c1-5-36-27-18-26(28(37-6-2)17-25(27)32-29(34)20-12-8-7-9-13-20)33-30(35)22-16-24(19(3)4)31-23-15-11-10-14-21(22)23/h7-19H,5-6H2,1-4H3,(H,32,34)(H,33,35). The van der Waals surface area contributed by atoms with Crippen LogP contribution in [0, 0.1) is 0 Å². The molecule has 3 aromatic carbocycles. The molecule has 0 saturated carbocycles. The zero-order valence-corrected chi connectivity index (χ0v) is 21.5. The van der Waals surface area contributed by atoms with Gasteiger partial charge in [-0.1, -0.05) is 50.2 Å². The fourth-order valence-electron chi connectivity index (χ4n) is 3.96. The van der Waals surface area contributed by atoms with Crippen molar-refractivity contribution in [2.45, 2.75) is 33.6 Å². The molecule has 0 fully saturated rings. The van der Waals surface area contributed by atoms with Gasteiger partial charge in [0.25, 0.3) is 11.8 Å². The zero-order valence-electron chi connectivity index (χ0n) is 21.5. The zero-order chi connectivity index (χ0) is 26.4. The van der Waals surface area contributed by atoms with Gasteiger partial charge < -0.3 is 20.1 Å². The summed E-state index contributed by atoms with van der Waals surface area (Å²) in [5, 5.41) is 6.66. The fourth-order valence-corrected chi connectivity index (χ4v) is 3.96. The number of carbonyl (C=O) groups is 2. The van der Waals surface area contributed by atoms with E-state index < -0.39 is 0 Å². The highest BCUT2D eigenvalue weighted by molar-refractivity contribution is 6.13. The van der Waals surface area contributed by atoms with Gasteiger partial charge in [-0.05, 0) is 44.0 Å². The molecule has 0 bridgehead atoms. The van der Waals surface area contributed by atoms with Gasteiger partial charge in [0.05, 0.1) is 35.7 Å². The first-order chi connectivity index (χ1) is 17.9. The van der Waals surface area contributed by atoms with E-state index in [1.54, 1.807) is 36.4 Å². The molecule has 0 atom stereocenters. The monoisotopic (exact) mass is 497 g/mol. The molecular formula is C30H31N3O4. The van der Waals surface area contributed by atoms with Crippen LogP contribution in [-0.2, 0) is 0 Å². The summed E-state index contributed by atoms with van der Waals surface area (Å²) in [7, 11) is 0. The van der Waals surface area contributed by atoms with Gasteiger partial charge in [0, 0.05) is 28.8 Å². The molecular weight excluding hydrogens is 466 g/mol. The normalized spacial score (nSPS) is 10.8. The summed E-state index contributed by atoms with van der Waals surface area (Å²) in [6.45, 7) is 8.55. The molecule has 0 spiro atoms. The number of ether oxygens (including phenoxy) is 2. The molecule has 190 valence electrons. The van der Waals surface area contributed by atoms with Gasteiger partial charge in [-0.3, -0.25) is 14.6 Å². The van der Waals surface area contributed by atoms with Gasteiger partial charge in [0.2, 0.25) is 0 Å². The molecule has 0 aliphatic heterocycles. The van der Waals surface area contributed by atoms with Crippen molar-refractivity contribution in [2.75, 3.05) is 23.8 Å². The van der Waals surface area contributed by atoms with Crippen LogP contribution in [0.1, 0.15) is 60.0 Å². The first-order valence-corrected chi connectivity index (χ1v) is 12.4. The Morgan fingerprint density at radius 2 is 1.35 bits per heavy atom. The number of fused-ring (bicyclic) bond motifs is 1. The van der Waals surface area contributed by atoms with E-state index in [0.717, 1.165) is 16.6 Å². The Labute approximate surface area is 216 Å². The van der Waals surface area contributed by atoms with Gasteiger partial charge >= 0.3 is 0 Å². The fraction of sp³-hybridized carbons (Fsp3) is 0.233. The maximum absolute atomic E-state index is 13.6. The number of amides is 2. The SMILES string of the molecule is CCOc1cc(NC(=O)c2cc(C(C)C)nc3ccccc23)c(OCC)cc1NC(=O)c1ccccc1. The number of nitrogens with one attached hydrogen (secondary N) is 2. The topological polar surface area (TPSA) is 89.6 Å². The van der Waals surface area contributed by atoms with Gasteiger partial charge in [-0.25, -0.2) is 0 Å². The highest BCUT2D eigenvalue weighted by atomic mass is 16.5. The molecule has 7 nitrogen and oxygen atoms in total. The first-order valence-electron chi connectivity index (χ1n) is 12.4. The van der Waals surface area contributed by atoms with Crippen LogP contribution in [0.2, 0.25) is 0 Å². The average Bonchev–Trinajstić information content (AvgIpc) is 2.90. The quantitative estimate of drug-likeness (QED) is 0.270. The number of pyridine rings is 1. The summed E-state index contributed by atoms with van der Waals surface area (Å²) >= 11 is 0. The number of para-hydroxylation sites is 1. The van der Waals surface area contributed by atoms with Crippen molar-refractivity contribution in [1.82, 2.24) is 4.98 Å². The number of benzene rings is 3. The van der Waals surface area contributed by atoms with Crippen molar-refractivity contribution in [2.24, 2.45) is 0 Å². The van der Waals surface area contributed by atoms with Crippen LogP contribution in [0.5, 0.6) is 11.5 Å². The molecule has 4 aromatic rings. The van der Waals surface area contributed by atoms with Crippen molar-refractivity contribution >= 4 is 34.1 Å². The Hall–Kier alpha value is -4.39. The number of anilines is 2. The second kappa shape index (κ2) is 11.6. The highest BCUT2D eigenvalue weighted by Crippen LogP contribution is 2.38. The van der Waals surface area contributed by atoms with Gasteiger partial charge in [0.1, 0.15) is 11.5 Å². The van der Waals surface area contributed by atoms with Crippen LogP contribution in [-0.4, -0.2) is 30.0 Å². The van der Waals surface area contributed by atoms with E-state index in [-0.39, 0.29) is 17.7 Å². The minimum absolute atomic E-state index is 0.159. The second-order valence-electron chi connectivity index (χ2n) is 8.75. The summed E-state index contributed by atoms with van der Waals surface area (Å²) in [5.74, 6) is 0.445. The smallest absolute Gasteiger partial charge is 0.256 e. The van der Waals surface area contributed by atoms with Crippen LogP contribution >= 0.6 is 0 Å². The Balaban J connectivity index is 1.72. The first kappa shape index (κ1) is 25.7. The molecule has 0 radical (unpaired) electrons. The lowest BCUT2D eigenvalue weighted by Gasteiger charge is -2.18. The van der Waals surface area contributed by atoms with E-state index in [1.807, 2.05) is 64.1 Å². The van der Waals surface area contributed by atoms with E-state index >= 15 is 0 Å². The number of nitrogens with zero attached hydrogens (tertiary/aromatic N) is 1. The van der Waals surface area contributed by atoms with Gasteiger partial charge in [-0.2, -0.15) is 0 Å². The Bertz CT molecular complexity index is 1420. The molecule has 1 aromatic heterocycles. The molecule has 0 aliphatic rings. The van der Waals surface area contributed by atoms with Crippen LogP contribution in [0.3, 0.4) is 0 Å². The van der Waals surface area contributed by atoms with Crippen molar-refractivity contribution in [3.63, 3.8) is 0 Å².